The molecule has 100 valence electrons. The van der Waals surface area contributed by atoms with E-state index in [-0.39, 0.29) is 0 Å². The predicted octanol–water partition coefficient (Wildman–Crippen LogP) is 2.98. The summed E-state index contributed by atoms with van der Waals surface area (Å²) in [6.45, 7) is 14.7. The maximum atomic E-state index is 2.65. The molecule has 0 amide bonds. The molecule has 0 atom stereocenters. The summed E-state index contributed by atoms with van der Waals surface area (Å²) in [5, 5.41) is 0. The highest BCUT2D eigenvalue weighted by molar-refractivity contribution is 4.91. The molecule has 1 spiro atoms. The van der Waals surface area contributed by atoms with Crippen LogP contribution in [-0.2, 0) is 0 Å². The second kappa shape index (κ2) is 5.27. The van der Waals surface area contributed by atoms with Crippen LogP contribution in [0.1, 0.15) is 53.4 Å². The number of hydrogen-bond acceptors (Lipinski definition) is 2. The molecular weight excluding hydrogens is 208 g/mol. The zero-order valence-corrected chi connectivity index (χ0v) is 12.2. The summed E-state index contributed by atoms with van der Waals surface area (Å²) in [7, 11) is 0. The number of likely N-dealkylation sites (tertiary alicyclic amines) is 2. The van der Waals surface area contributed by atoms with Crippen molar-refractivity contribution in [2.24, 2.45) is 5.41 Å². The van der Waals surface area contributed by atoms with E-state index in [2.05, 4.69) is 37.5 Å². The van der Waals surface area contributed by atoms with Crippen molar-refractivity contribution in [1.82, 2.24) is 9.80 Å². The van der Waals surface area contributed by atoms with Gasteiger partial charge in [0.15, 0.2) is 0 Å². The fourth-order valence-corrected chi connectivity index (χ4v) is 3.53. The van der Waals surface area contributed by atoms with E-state index in [9.17, 15) is 0 Å². The smallest absolute Gasteiger partial charge is 0.00385 e. The summed E-state index contributed by atoms with van der Waals surface area (Å²) < 4.78 is 0. The van der Waals surface area contributed by atoms with Gasteiger partial charge in [0.25, 0.3) is 0 Å². The van der Waals surface area contributed by atoms with Crippen LogP contribution in [0.25, 0.3) is 0 Å². The molecule has 17 heavy (non-hydrogen) atoms. The fourth-order valence-electron chi connectivity index (χ4n) is 3.53. The van der Waals surface area contributed by atoms with Gasteiger partial charge in [0.2, 0.25) is 0 Å². The van der Waals surface area contributed by atoms with Gasteiger partial charge in [0.1, 0.15) is 0 Å². The molecule has 0 aromatic heterocycles. The van der Waals surface area contributed by atoms with E-state index < -0.39 is 0 Å². The number of nitrogens with zero attached hydrogens (tertiary/aromatic N) is 2. The van der Waals surface area contributed by atoms with Crippen LogP contribution in [0, 0.1) is 5.41 Å². The standard InChI is InChI=1S/C15H30N2/c1-13(2)16-9-5-15(6-10-16)7-11-17(12-8-15)14(3)4/h13-14H,5-12H2,1-4H3. The Morgan fingerprint density at radius 2 is 0.941 bits per heavy atom. The average molecular weight is 238 g/mol. The molecule has 2 saturated heterocycles. The third-order valence-corrected chi connectivity index (χ3v) is 5.18. The van der Waals surface area contributed by atoms with Crippen molar-refractivity contribution in [2.45, 2.75) is 65.5 Å². The van der Waals surface area contributed by atoms with Crippen molar-refractivity contribution in [1.29, 1.82) is 0 Å². The van der Waals surface area contributed by atoms with Gasteiger partial charge in [-0.1, -0.05) is 0 Å². The Bertz CT molecular complexity index is 202. The Morgan fingerprint density at radius 1 is 0.647 bits per heavy atom. The molecule has 0 aromatic carbocycles. The summed E-state index contributed by atoms with van der Waals surface area (Å²) in [5.41, 5.74) is 0.705. The molecule has 0 saturated carbocycles. The van der Waals surface area contributed by atoms with Crippen LogP contribution in [0.3, 0.4) is 0 Å². The van der Waals surface area contributed by atoms with Gasteiger partial charge >= 0.3 is 0 Å². The molecule has 2 aliphatic heterocycles. The molecule has 2 aliphatic rings. The topological polar surface area (TPSA) is 6.48 Å². The highest BCUT2D eigenvalue weighted by Gasteiger charge is 2.38. The van der Waals surface area contributed by atoms with Crippen LogP contribution < -0.4 is 0 Å². The maximum Gasteiger partial charge on any atom is 0.00385 e. The van der Waals surface area contributed by atoms with E-state index in [1.807, 2.05) is 0 Å². The van der Waals surface area contributed by atoms with E-state index >= 15 is 0 Å². The lowest BCUT2D eigenvalue weighted by molar-refractivity contribution is 0.0168. The Hall–Kier alpha value is -0.0800. The first-order valence-corrected chi connectivity index (χ1v) is 7.50. The largest absolute Gasteiger partial charge is 0.301 e. The van der Waals surface area contributed by atoms with Crippen LogP contribution >= 0.6 is 0 Å². The van der Waals surface area contributed by atoms with Crippen molar-refractivity contribution in [3.05, 3.63) is 0 Å². The number of rotatable bonds is 2. The molecule has 2 heterocycles. The zero-order chi connectivity index (χ0) is 12.5. The van der Waals surface area contributed by atoms with Crippen LogP contribution in [0.4, 0.5) is 0 Å². The molecular formula is C15H30N2. The first kappa shape index (κ1) is 13.4. The Balaban J connectivity index is 1.84. The number of piperidine rings is 2. The van der Waals surface area contributed by atoms with E-state index in [4.69, 9.17) is 0 Å². The van der Waals surface area contributed by atoms with Crippen LogP contribution in [0.15, 0.2) is 0 Å². The summed E-state index contributed by atoms with van der Waals surface area (Å²) in [6.07, 6.45) is 5.77. The molecule has 0 bridgehead atoms. The highest BCUT2D eigenvalue weighted by atomic mass is 15.2. The number of hydrogen-bond donors (Lipinski definition) is 0. The Labute approximate surface area is 107 Å². The Morgan fingerprint density at radius 3 is 1.18 bits per heavy atom. The van der Waals surface area contributed by atoms with E-state index in [0.29, 0.717) is 5.41 Å². The van der Waals surface area contributed by atoms with Crippen LogP contribution in [0.2, 0.25) is 0 Å². The van der Waals surface area contributed by atoms with Gasteiger partial charge in [-0.25, -0.2) is 0 Å². The fraction of sp³-hybridized carbons (Fsp3) is 1.00. The van der Waals surface area contributed by atoms with Crippen LogP contribution in [0.5, 0.6) is 0 Å². The first-order valence-electron chi connectivity index (χ1n) is 7.50. The molecule has 2 heteroatoms. The van der Waals surface area contributed by atoms with Crippen molar-refractivity contribution in [3.8, 4) is 0 Å². The summed E-state index contributed by atoms with van der Waals surface area (Å²) >= 11 is 0. The zero-order valence-electron chi connectivity index (χ0n) is 12.2. The van der Waals surface area contributed by atoms with Gasteiger partial charge in [0.05, 0.1) is 0 Å². The lowest BCUT2D eigenvalue weighted by atomic mass is 9.71. The maximum absolute atomic E-state index is 2.65. The van der Waals surface area contributed by atoms with Gasteiger partial charge in [-0.15, -0.1) is 0 Å². The molecule has 0 aromatic rings. The predicted molar refractivity (Wildman–Crippen MR) is 74.3 cm³/mol. The second-order valence-corrected chi connectivity index (χ2v) is 6.76. The van der Waals surface area contributed by atoms with Gasteiger partial charge in [-0.05, 0) is 85.0 Å². The van der Waals surface area contributed by atoms with Crippen molar-refractivity contribution in [2.75, 3.05) is 26.2 Å². The normalized spacial score (nSPS) is 27.2. The van der Waals surface area contributed by atoms with Crippen molar-refractivity contribution in [3.63, 3.8) is 0 Å². The minimum Gasteiger partial charge on any atom is -0.301 e. The molecule has 0 N–H and O–H groups in total. The average Bonchev–Trinajstić information content (AvgIpc) is 2.30. The summed E-state index contributed by atoms with van der Waals surface area (Å²) in [4.78, 5) is 5.31. The summed E-state index contributed by atoms with van der Waals surface area (Å²) in [6, 6.07) is 1.48. The molecule has 0 radical (unpaired) electrons. The van der Waals surface area contributed by atoms with E-state index in [1.54, 1.807) is 0 Å². The lowest BCUT2D eigenvalue weighted by Gasteiger charge is -2.48. The minimum atomic E-state index is 0.705. The third-order valence-electron chi connectivity index (χ3n) is 5.18. The highest BCUT2D eigenvalue weighted by Crippen LogP contribution is 2.41. The third kappa shape index (κ3) is 3.03. The summed E-state index contributed by atoms with van der Waals surface area (Å²) in [5.74, 6) is 0. The first-order chi connectivity index (χ1) is 8.02. The monoisotopic (exact) mass is 238 g/mol. The van der Waals surface area contributed by atoms with Gasteiger partial charge in [-0.3, -0.25) is 0 Å². The molecule has 0 unspecified atom stereocenters. The van der Waals surface area contributed by atoms with Crippen LogP contribution in [-0.4, -0.2) is 48.1 Å². The van der Waals surface area contributed by atoms with Gasteiger partial charge in [-0.2, -0.15) is 0 Å². The molecule has 2 fully saturated rings. The van der Waals surface area contributed by atoms with Gasteiger partial charge < -0.3 is 9.80 Å². The van der Waals surface area contributed by atoms with Crippen molar-refractivity contribution >= 4 is 0 Å². The molecule has 0 aliphatic carbocycles. The lowest BCUT2D eigenvalue weighted by Crippen LogP contribution is -2.49. The molecule has 2 nitrogen and oxygen atoms in total. The van der Waals surface area contributed by atoms with E-state index in [1.165, 1.54) is 51.9 Å². The minimum absolute atomic E-state index is 0.705. The Kier molecular flexibility index (Phi) is 4.14. The quantitative estimate of drug-likeness (QED) is 0.730. The SMILES string of the molecule is CC(C)N1CCC2(CC1)CCN(C(C)C)CC2. The van der Waals surface area contributed by atoms with E-state index in [0.717, 1.165) is 12.1 Å². The van der Waals surface area contributed by atoms with Crippen molar-refractivity contribution < 1.29 is 0 Å². The second-order valence-electron chi connectivity index (χ2n) is 6.76. The molecule has 2 rings (SSSR count). The van der Waals surface area contributed by atoms with Gasteiger partial charge in [0, 0.05) is 12.1 Å².